The topological polar surface area (TPSA) is 44.4 Å². The number of carbonyl (C=O) groups excluding carboxylic acids is 1. The number of fused-ring (bicyclic) bond motifs is 2. The number of likely N-dealkylation sites (N-methyl/N-ethyl adjacent to an activating group) is 1. The minimum atomic E-state index is 0. The van der Waals surface area contributed by atoms with Gasteiger partial charge in [-0.05, 0) is 63.4 Å². The molecule has 128 valence electrons. The van der Waals surface area contributed by atoms with Gasteiger partial charge in [0.05, 0.1) is 6.54 Å². The van der Waals surface area contributed by atoms with Crippen LogP contribution in [0.15, 0.2) is 22.7 Å². The second-order valence-corrected chi connectivity index (χ2v) is 7.54. The summed E-state index contributed by atoms with van der Waals surface area (Å²) in [6, 6.07) is 7.73. The Hall–Kier alpha value is -0.620. The van der Waals surface area contributed by atoms with Gasteiger partial charge < -0.3 is 10.6 Å². The Bertz CT molecular complexity index is 557. The molecule has 6 heteroatoms. The van der Waals surface area contributed by atoms with Crippen LogP contribution in [0.5, 0.6) is 0 Å². The van der Waals surface area contributed by atoms with E-state index in [1.165, 1.54) is 12.8 Å². The molecular weight excluding hydrogens is 378 g/mol. The fourth-order valence-corrected chi connectivity index (χ4v) is 3.91. The van der Waals surface area contributed by atoms with E-state index in [2.05, 4.69) is 38.5 Å². The molecule has 2 fully saturated rings. The summed E-state index contributed by atoms with van der Waals surface area (Å²) >= 11 is 3.48. The molecule has 2 N–H and O–H groups in total. The first-order valence-electron chi connectivity index (χ1n) is 8.03. The van der Waals surface area contributed by atoms with E-state index in [4.69, 9.17) is 0 Å². The summed E-state index contributed by atoms with van der Waals surface area (Å²) in [6.07, 6.45) is 4.91. The van der Waals surface area contributed by atoms with E-state index < -0.39 is 0 Å². The van der Waals surface area contributed by atoms with Crippen LogP contribution in [-0.2, 0) is 4.79 Å². The number of hydrogen-bond donors (Lipinski definition) is 2. The lowest BCUT2D eigenvalue weighted by Crippen LogP contribution is -2.48. The van der Waals surface area contributed by atoms with Gasteiger partial charge in [0, 0.05) is 28.3 Å². The van der Waals surface area contributed by atoms with Crippen molar-refractivity contribution >= 4 is 39.9 Å². The average Bonchev–Trinajstić information content (AvgIpc) is 2.81. The van der Waals surface area contributed by atoms with Gasteiger partial charge in [0.25, 0.3) is 0 Å². The molecule has 0 saturated carbocycles. The Labute approximate surface area is 152 Å². The maximum atomic E-state index is 12.3. The average molecular weight is 403 g/mol. The monoisotopic (exact) mass is 401 g/mol. The molecule has 2 saturated heterocycles. The molecule has 3 rings (SSSR count). The Balaban J connectivity index is 0.00000192. The van der Waals surface area contributed by atoms with Gasteiger partial charge in [0.15, 0.2) is 0 Å². The van der Waals surface area contributed by atoms with Crippen LogP contribution in [0, 0.1) is 6.92 Å². The van der Waals surface area contributed by atoms with Crippen molar-refractivity contribution in [3.63, 3.8) is 0 Å². The predicted molar refractivity (Wildman–Crippen MR) is 100 cm³/mol. The summed E-state index contributed by atoms with van der Waals surface area (Å²) in [7, 11) is 2.07. The first kappa shape index (κ1) is 18.7. The zero-order valence-corrected chi connectivity index (χ0v) is 16.0. The molecule has 1 amide bonds. The quantitative estimate of drug-likeness (QED) is 0.812. The van der Waals surface area contributed by atoms with Gasteiger partial charge in [-0.15, -0.1) is 12.4 Å². The van der Waals surface area contributed by atoms with E-state index in [0.717, 1.165) is 28.6 Å². The van der Waals surface area contributed by atoms with Gasteiger partial charge in [-0.1, -0.05) is 15.9 Å². The van der Waals surface area contributed by atoms with E-state index in [-0.39, 0.29) is 18.3 Å². The standard InChI is InChI=1S/C17H24BrN3O.ClH/c1-11-7-12(5-6-16(11)18)20-17(22)10-21(2)15-8-13-3-4-14(9-15)19-13;/h5-7,13-15,19H,3-4,8-10H2,1-2H3,(H,20,22);1H. The van der Waals surface area contributed by atoms with Gasteiger partial charge >= 0.3 is 0 Å². The third-order valence-corrected chi connectivity index (χ3v) is 5.80. The van der Waals surface area contributed by atoms with E-state index in [1.807, 2.05) is 25.1 Å². The zero-order valence-electron chi connectivity index (χ0n) is 13.6. The second-order valence-electron chi connectivity index (χ2n) is 6.69. The van der Waals surface area contributed by atoms with Crippen LogP contribution in [0.3, 0.4) is 0 Å². The van der Waals surface area contributed by atoms with Crippen LogP contribution in [0.25, 0.3) is 0 Å². The summed E-state index contributed by atoms with van der Waals surface area (Å²) in [6.45, 7) is 2.48. The smallest absolute Gasteiger partial charge is 0.238 e. The number of aryl methyl sites for hydroxylation is 1. The van der Waals surface area contributed by atoms with Crippen LogP contribution >= 0.6 is 28.3 Å². The highest BCUT2D eigenvalue weighted by atomic mass is 79.9. The summed E-state index contributed by atoms with van der Waals surface area (Å²) in [5.41, 5.74) is 1.99. The number of halogens is 2. The number of nitrogens with one attached hydrogen (secondary N) is 2. The molecule has 2 bridgehead atoms. The molecule has 1 aromatic carbocycles. The van der Waals surface area contributed by atoms with Crippen LogP contribution in [0.4, 0.5) is 5.69 Å². The lowest BCUT2D eigenvalue weighted by atomic mass is 9.98. The van der Waals surface area contributed by atoms with Crippen molar-refractivity contribution in [2.24, 2.45) is 0 Å². The highest BCUT2D eigenvalue weighted by Gasteiger charge is 2.35. The van der Waals surface area contributed by atoms with Gasteiger partial charge in [-0.2, -0.15) is 0 Å². The molecule has 23 heavy (non-hydrogen) atoms. The minimum Gasteiger partial charge on any atom is -0.325 e. The van der Waals surface area contributed by atoms with E-state index in [0.29, 0.717) is 24.7 Å². The van der Waals surface area contributed by atoms with Crippen molar-refractivity contribution in [1.29, 1.82) is 0 Å². The van der Waals surface area contributed by atoms with Crippen LogP contribution < -0.4 is 10.6 Å². The SMILES string of the molecule is Cc1cc(NC(=O)CN(C)C2CC3CCC(C2)N3)ccc1Br.Cl. The highest BCUT2D eigenvalue weighted by molar-refractivity contribution is 9.10. The van der Waals surface area contributed by atoms with Crippen molar-refractivity contribution in [2.45, 2.75) is 50.7 Å². The first-order chi connectivity index (χ1) is 10.5. The van der Waals surface area contributed by atoms with Crippen LogP contribution in [0.2, 0.25) is 0 Å². The maximum Gasteiger partial charge on any atom is 0.238 e. The molecule has 2 atom stereocenters. The van der Waals surface area contributed by atoms with Gasteiger partial charge in [0.2, 0.25) is 5.91 Å². The fraction of sp³-hybridized carbons (Fsp3) is 0.588. The minimum absolute atomic E-state index is 0. The molecule has 2 unspecified atom stereocenters. The normalized spacial score (nSPS) is 26.0. The Morgan fingerprint density at radius 2 is 2.00 bits per heavy atom. The molecule has 2 aliphatic heterocycles. The first-order valence-corrected chi connectivity index (χ1v) is 8.83. The number of carbonyl (C=O) groups is 1. The molecule has 2 aliphatic rings. The lowest BCUT2D eigenvalue weighted by Gasteiger charge is -2.35. The summed E-state index contributed by atoms with van der Waals surface area (Å²) in [5, 5.41) is 6.65. The molecule has 2 heterocycles. The number of piperidine rings is 1. The number of nitrogens with zero attached hydrogens (tertiary/aromatic N) is 1. The van der Waals surface area contributed by atoms with Crippen molar-refractivity contribution in [1.82, 2.24) is 10.2 Å². The predicted octanol–water partition coefficient (Wildman–Crippen LogP) is 3.33. The third-order valence-electron chi connectivity index (χ3n) is 4.91. The highest BCUT2D eigenvalue weighted by Crippen LogP contribution is 2.29. The zero-order chi connectivity index (χ0) is 15.7. The number of amides is 1. The van der Waals surface area contributed by atoms with Gasteiger partial charge in [-0.25, -0.2) is 0 Å². The second kappa shape index (κ2) is 7.97. The molecule has 0 aromatic heterocycles. The molecule has 0 aliphatic carbocycles. The van der Waals surface area contributed by atoms with E-state index >= 15 is 0 Å². The third kappa shape index (κ3) is 4.69. The summed E-state index contributed by atoms with van der Waals surface area (Å²) < 4.78 is 1.06. The maximum absolute atomic E-state index is 12.3. The number of anilines is 1. The Kier molecular flexibility index (Phi) is 6.48. The molecule has 0 spiro atoms. The van der Waals surface area contributed by atoms with Crippen molar-refractivity contribution in [3.8, 4) is 0 Å². The van der Waals surface area contributed by atoms with E-state index in [9.17, 15) is 4.79 Å². The molecular formula is C17H25BrClN3O. The van der Waals surface area contributed by atoms with Crippen molar-refractivity contribution in [2.75, 3.05) is 18.9 Å². The summed E-state index contributed by atoms with van der Waals surface area (Å²) in [5.74, 6) is 0.0649. The number of hydrogen-bond acceptors (Lipinski definition) is 3. The lowest BCUT2D eigenvalue weighted by molar-refractivity contribution is -0.117. The van der Waals surface area contributed by atoms with Gasteiger partial charge in [0.1, 0.15) is 0 Å². The van der Waals surface area contributed by atoms with Crippen molar-refractivity contribution < 1.29 is 4.79 Å². The summed E-state index contributed by atoms with van der Waals surface area (Å²) in [4.78, 5) is 14.5. The Morgan fingerprint density at radius 1 is 1.35 bits per heavy atom. The molecule has 0 radical (unpaired) electrons. The fourth-order valence-electron chi connectivity index (χ4n) is 3.67. The number of benzene rings is 1. The molecule has 4 nitrogen and oxygen atoms in total. The van der Waals surface area contributed by atoms with Crippen LogP contribution in [-0.4, -0.2) is 42.5 Å². The van der Waals surface area contributed by atoms with Crippen molar-refractivity contribution in [3.05, 3.63) is 28.2 Å². The van der Waals surface area contributed by atoms with Crippen LogP contribution in [0.1, 0.15) is 31.2 Å². The molecule has 1 aromatic rings. The largest absolute Gasteiger partial charge is 0.325 e. The Morgan fingerprint density at radius 3 is 2.61 bits per heavy atom. The van der Waals surface area contributed by atoms with E-state index in [1.54, 1.807) is 0 Å². The number of rotatable bonds is 4. The van der Waals surface area contributed by atoms with Gasteiger partial charge in [-0.3, -0.25) is 9.69 Å².